The lowest BCUT2D eigenvalue weighted by Gasteiger charge is -2.31. The van der Waals surface area contributed by atoms with Crippen molar-refractivity contribution in [1.29, 1.82) is 0 Å². The molecule has 0 aliphatic rings. The Kier molecular flexibility index (Phi) is 4.26. The van der Waals surface area contributed by atoms with Crippen LogP contribution in [0.2, 0.25) is 0 Å². The number of amides is 1. The van der Waals surface area contributed by atoms with E-state index in [9.17, 15) is 14.4 Å². The number of ketones is 1. The minimum atomic E-state index is -1.50. The number of carbonyl (C=O) groups excluding carboxylic acids is 3. The van der Waals surface area contributed by atoms with E-state index in [4.69, 9.17) is 10.5 Å². The predicted octanol–water partition coefficient (Wildman–Crippen LogP) is 0.381. The summed E-state index contributed by atoms with van der Waals surface area (Å²) in [5, 5.41) is 0. The van der Waals surface area contributed by atoms with Gasteiger partial charge in [-0.15, -0.1) is 0 Å². The quantitative estimate of drug-likeness (QED) is 0.687. The van der Waals surface area contributed by atoms with Gasteiger partial charge in [0.25, 0.3) is 0 Å². The Morgan fingerprint density at radius 3 is 2.00 bits per heavy atom. The van der Waals surface area contributed by atoms with Gasteiger partial charge in [-0.2, -0.15) is 0 Å². The molecule has 2 N–H and O–H groups in total. The van der Waals surface area contributed by atoms with E-state index in [0.717, 1.165) is 6.92 Å². The first kappa shape index (κ1) is 13.4. The summed E-state index contributed by atoms with van der Waals surface area (Å²) in [6.45, 7) is 5.20. The van der Waals surface area contributed by atoms with E-state index in [1.165, 1.54) is 20.8 Å². The molecular weight excluding hydrogens is 202 g/mol. The largest absolute Gasteiger partial charge is 0.448 e. The lowest BCUT2D eigenvalue weighted by Crippen LogP contribution is -2.50. The van der Waals surface area contributed by atoms with Gasteiger partial charge in [-0.05, 0) is 20.8 Å². The Balaban J connectivity index is 4.85. The van der Waals surface area contributed by atoms with Crippen LogP contribution < -0.4 is 5.73 Å². The standard InChI is InChI=1S/C9H15NO5/c1-5(11)9(4,15-7(3)12)6(2)14-8(10)13/h6H,1-4H3,(H2,10,13). The van der Waals surface area contributed by atoms with Crippen LogP contribution in [0.4, 0.5) is 4.79 Å². The second-order valence-corrected chi connectivity index (χ2v) is 3.34. The Morgan fingerprint density at radius 1 is 1.27 bits per heavy atom. The molecule has 86 valence electrons. The first-order valence-corrected chi connectivity index (χ1v) is 4.37. The van der Waals surface area contributed by atoms with Crippen LogP contribution in [0, 0.1) is 0 Å². The van der Waals surface area contributed by atoms with Gasteiger partial charge in [0.15, 0.2) is 5.78 Å². The van der Waals surface area contributed by atoms with Crippen LogP contribution in [0.15, 0.2) is 0 Å². The van der Waals surface area contributed by atoms with E-state index in [2.05, 4.69) is 4.74 Å². The molecule has 0 saturated carbocycles. The van der Waals surface area contributed by atoms with E-state index in [0.29, 0.717) is 0 Å². The molecule has 0 aliphatic heterocycles. The van der Waals surface area contributed by atoms with Crippen molar-refractivity contribution in [3.8, 4) is 0 Å². The fourth-order valence-corrected chi connectivity index (χ4v) is 1.03. The van der Waals surface area contributed by atoms with Crippen LogP contribution in [0.3, 0.4) is 0 Å². The summed E-state index contributed by atoms with van der Waals surface area (Å²) >= 11 is 0. The SMILES string of the molecule is CC(=O)OC(C)(C(C)=O)C(C)OC(N)=O. The average molecular weight is 217 g/mol. The van der Waals surface area contributed by atoms with Crippen LogP contribution in [-0.2, 0) is 19.1 Å². The number of hydrogen-bond acceptors (Lipinski definition) is 5. The molecule has 6 nitrogen and oxygen atoms in total. The molecule has 0 aromatic rings. The Labute approximate surface area is 87.7 Å². The molecule has 6 heteroatoms. The number of primary amides is 1. The zero-order valence-electron chi connectivity index (χ0n) is 9.20. The van der Waals surface area contributed by atoms with Crippen LogP contribution in [0.1, 0.15) is 27.7 Å². The van der Waals surface area contributed by atoms with Crippen LogP contribution in [0.25, 0.3) is 0 Å². The minimum absolute atomic E-state index is 0.425. The Bertz CT molecular complexity index is 288. The molecule has 0 spiro atoms. The summed E-state index contributed by atoms with van der Waals surface area (Å²) in [7, 11) is 0. The number of ether oxygens (including phenoxy) is 2. The van der Waals surface area contributed by atoms with Crippen molar-refractivity contribution in [1.82, 2.24) is 0 Å². The van der Waals surface area contributed by atoms with Crippen molar-refractivity contribution in [3.05, 3.63) is 0 Å². The highest BCUT2D eigenvalue weighted by Crippen LogP contribution is 2.20. The van der Waals surface area contributed by atoms with E-state index in [-0.39, 0.29) is 0 Å². The minimum Gasteiger partial charge on any atom is -0.448 e. The predicted molar refractivity (Wildman–Crippen MR) is 51.0 cm³/mol. The maximum Gasteiger partial charge on any atom is 0.404 e. The highest BCUT2D eigenvalue weighted by atomic mass is 16.6. The number of carbonyl (C=O) groups is 3. The second-order valence-electron chi connectivity index (χ2n) is 3.34. The molecule has 0 bridgehead atoms. The third kappa shape index (κ3) is 3.57. The number of esters is 1. The van der Waals surface area contributed by atoms with Gasteiger partial charge in [0, 0.05) is 6.92 Å². The summed E-state index contributed by atoms with van der Waals surface area (Å²) in [4.78, 5) is 32.6. The van der Waals surface area contributed by atoms with Crippen molar-refractivity contribution in [3.63, 3.8) is 0 Å². The lowest BCUT2D eigenvalue weighted by molar-refractivity contribution is -0.173. The summed E-state index contributed by atoms with van der Waals surface area (Å²) in [5.74, 6) is -1.06. The maximum absolute atomic E-state index is 11.3. The molecule has 0 radical (unpaired) electrons. The molecule has 15 heavy (non-hydrogen) atoms. The van der Waals surface area contributed by atoms with E-state index < -0.39 is 29.6 Å². The number of nitrogens with two attached hydrogens (primary N) is 1. The zero-order valence-corrected chi connectivity index (χ0v) is 9.20. The van der Waals surface area contributed by atoms with Crippen LogP contribution in [0.5, 0.6) is 0 Å². The third-order valence-corrected chi connectivity index (χ3v) is 2.12. The number of hydrogen-bond donors (Lipinski definition) is 1. The average Bonchev–Trinajstić information content (AvgIpc) is 2.00. The molecule has 0 aromatic carbocycles. The van der Waals surface area contributed by atoms with Gasteiger partial charge >= 0.3 is 12.1 Å². The van der Waals surface area contributed by atoms with Gasteiger partial charge in [0.1, 0.15) is 6.10 Å². The molecule has 0 aliphatic carbocycles. The fraction of sp³-hybridized carbons (Fsp3) is 0.667. The second kappa shape index (κ2) is 4.77. The first-order valence-electron chi connectivity index (χ1n) is 4.37. The molecule has 0 fully saturated rings. The summed E-state index contributed by atoms with van der Waals surface area (Å²) < 4.78 is 9.46. The van der Waals surface area contributed by atoms with Crippen molar-refractivity contribution in [2.45, 2.75) is 39.4 Å². The monoisotopic (exact) mass is 217 g/mol. The summed E-state index contributed by atoms with van der Waals surface area (Å²) in [6, 6.07) is 0. The molecule has 0 saturated heterocycles. The third-order valence-electron chi connectivity index (χ3n) is 2.12. The van der Waals surface area contributed by atoms with Gasteiger partial charge in [-0.3, -0.25) is 9.59 Å². The van der Waals surface area contributed by atoms with Crippen molar-refractivity contribution in [2.24, 2.45) is 5.73 Å². The Hall–Kier alpha value is -1.59. The summed E-state index contributed by atoms with van der Waals surface area (Å²) in [6.07, 6.45) is -1.96. The smallest absolute Gasteiger partial charge is 0.404 e. The normalized spacial score (nSPS) is 16.0. The summed E-state index contributed by atoms with van der Waals surface area (Å²) in [5.41, 5.74) is 3.31. The molecule has 2 atom stereocenters. The highest BCUT2D eigenvalue weighted by molar-refractivity contribution is 5.88. The number of rotatable bonds is 4. The van der Waals surface area contributed by atoms with Gasteiger partial charge in [0.05, 0.1) is 0 Å². The van der Waals surface area contributed by atoms with Crippen LogP contribution >= 0.6 is 0 Å². The zero-order chi connectivity index (χ0) is 12.2. The van der Waals surface area contributed by atoms with Gasteiger partial charge in [0.2, 0.25) is 5.60 Å². The van der Waals surface area contributed by atoms with E-state index >= 15 is 0 Å². The van der Waals surface area contributed by atoms with Crippen molar-refractivity contribution < 1.29 is 23.9 Å². The molecule has 0 aromatic heterocycles. The highest BCUT2D eigenvalue weighted by Gasteiger charge is 2.41. The maximum atomic E-state index is 11.3. The van der Waals surface area contributed by atoms with E-state index in [1.807, 2.05) is 0 Å². The van der Waals surface area contributed by atoms with Gasteiger partial charge in [-0.1, -0.05) is 0 Å². The van der Waals surface area contributed by atoms with Gasteiger partial charge in [-0.25, -0.2) is 4.79 Å². The van der Waals surface area contributed by atoms with E-state index in [1.54, 1.807) is 0 Å². The molecular formula is C9H15NO5. The van der Waals surface area contributed by atoms with Crippen molar-refractivity contribution in [2.75, 3.05) is 0 Å². The van der Waals surface area contributed by atoms with Gasteiger partial charge < -0.3 is 15.2 Å². The Morgan fingerprint density at radius 2 is 1.73 bits per heavy atom. The molecule has 0 rings (SSSR count). The first-order chi connectivity index (χ1) is 6.70. The van der Waals surface area contributed by atoms with Crippen LogP contribution in [-0.4, -0.2) is 29.6 Å². The number of Topliss-reactive ketones (excluding diaryl/α,β-unsaturated/α-hetero) is 1. The van der Waals surface area contributed by atoms with Crippen molar-refractivity contribution >= 4 is 17.8 Å². The topological polar surface area (TPSA) is 95.7 Å². The fourth-order valence-electron chi connectivity index (χ4n) is 1.03. The molecule has 2 unspecified atom stereocenters. The lowest BCUT2D eigenvalue weighted by atomic mass is 9.95. The molecule has 1 amide bonds. The molecule has 0 heterocycles.